The number of rotatable bonds is 12. The van der Waals surface area contributed by atoms with E-state index in [-0.39, 0.29) is 24.9 Å². The number of amides is 2. The van der Waals surface area contributed by atoms with Crippen LogP contribution < -0.4 is 10.6 Å². The molecule has 0 radical (unpaired) electrons. The van der Waals surface area contributed by atoms with Crippen LogP contribution in [0.4, 0.5) is 4.79 Å². The molecule has 174 valence electrons. The highest BCUT2D eigenvalue weighted by atomic mass is 16.5. The fourth-order valence-corrected chi connectivity index (χ4v) is 4.07. The standard InChI is InChI=1S/C26H30N2O5/c1-2-3-14-23(25(31)27-16-9-8-15-24(29)30)28-26(32)33-17-22-20-12-6-4-10-18(20)19-11-5-7-13-21(19)22/h2,4-7,10-13,22-23H,1,3,8-9,14-17H2,(H,27,31)(H,28,32)(H,29,30). The summed E-state index contributed by atoms with van der Waals surface area (Å²) in [5.41, 5.74) is 4.53. The number of carbonyl (C=O) groups is 3. The predicted molar refractivity (Wildman–Crippen MR) is 126 cm³/mol. The van der Waals surface area contributed by atoms with Gasteiger partial charge in [0.25, 0.3) is 0 Å². The van der Waals surface area contributed by atoms with Crippen LogP contribution in [0.2, 0.25) is 0 Å². The number of carboxylic acids is 1. The highest BCUT2D eigenvalue weighted by molar-refractivity contribution is 5.85. The van der Waals surface area contributed by atoms with Crippen LogP contribution >= 0.6 is 0 Å². The number of hydrogen-bond acceptors (Lipinski definition) is 4. The molecule has 1 unspecified atom stereocenters. The number of nitrogens with one attached hydrogen (secondary N) is 2. The van der Waals surface area contributed by atoms with Crippen LogP contribution in [0.3, 0.4) is 0 Å². The molecule has 0 aromatic heterocycles. The molecule has 3 rings (SSSR count). The molecular weight excluding hydrogens is 420 g/mol. The molecule has 1 atom stereocenters. The number of benzene rings is 2. The van der Waals surface area contributed by atoms with Gasteiger partial charge in [0, 0.05) is 18.9 Å². The van der Waals surface area contributed by atoms with Gasteiger partial charge in [-0.15, -0.1) is 6.58 Å². The molecule has 1 aliphatic rings. The van der Waals surface area contributed by atoms with Gasteiger partial charge in [0.15, 0.2) is 0 Å². The normalized spacial score (nSPS) is 12.8. The molecule has 2 amide bonds. The van der Waals surface area contributed by atoms with E-state index in [1.54, 1.807) is 6.08 Å². The number of alkyl carbamates (subject to hydrolysis) is 1. The molecule has 0 spiro atoms. The van der Waals surface area contributed by atoms with E-state index >= 15 is 0 Å². The largest absolute Gasteiger partial charge is 0.481 e. The van der Waals surface area contributed by atoms with Crippen molar-refractivity contribution >= 4 is 18.0 Å². The van der Waals surface area contributed by atoms with Crippen molar-refractivity contribution in [1.29, 1.82) is 0 Å². The van der Waals surface area contributed by atoms with E-state index in [9.17, 15) is 14.4 Å². The van der Waals surface area contributed by atoms with Crippen LogP contribution in [0.15, 0.2) is 61.2 Å². The average molecular weight is 451 g/mol. The van der Waals surface area contributed by atoms with Crippen molar-refractivity contribution in [2.45, 2.75) is 44.1 Å². The number of ether oxygens (including phenoxy) is 1. The van der Waals surface area contributed by atoms with Gasteiger partial charge in [-0.25, -0.2) is 4.79 Å². The minimum atomic E-state index is -0.859. The fourth-order valence-electron chi connectivity index (χ4n) is 4.07. The van der Waals surface area contributed by atoms with Gasteiger partial charge in [0.2, 0.25) is 5.91 Å². The lowest BCUT2D eigenvalue weighted by molar-refractivity contribution is -0.137. The summed E-state index contributed by atoms with van der Waals surface area (Å²) < 4.78 is 5.55. The van der Waals surface area contributed by atoms with Crippen molar-refractivity contribution in [2.75, 3.05) is 13.2 Å². The zero-order valence-corrected chi connectivity index (χ0v) is 18.6. The topological polar surface area (TPSA) is 105 Å². The maximum atomic E-state index is 12.5. The number of allylic oxidation sites excluding steroid dienone is 1. The summed E-state index contributed by atoms with van der Waals surface area (Å²) in [5, 5.41) is 14.1. The van der Waals surface area contributed by atoms with Crippen molar-refractivity contribution in [2.24, 2.45) is 0 Å². The summed E-state index contributed by atoms with van der Waals surface area (Å²) in [7, 11) is 0. The smallest absolute Gasteiger partial charge is 0.407 e. The Balaban J connectivity index is 1.55. The monoisotopic (exact) mass is 450 g/mol. The third kappa shape index (κ3) is 6.44. The molecule has 33 heavy (non-hydrogen) atoms. The molecule has 0 heterocycles. The highest BCUT2D eigenvalue weighted by Gasteiger charge is 2.29. The Labute approximate surface area is 193 Å². The molecule has 7 nitrogen and oxygen atoms in total. The zero-order valence-electron chi connectivity index (χ0n) is 18.6. The summed E-state index contributed by atoms with van der Waals surface area (Å²) >= 11 is 0. The second-order valence-electron chi connectivity index (χ2n) is 8.03. The quantitative estimate of drug-likeness (QED) is 0.332. The minimum absolute atomic E-state index is 0.0576. The first-order valence-electron chi connectivity index (χ1n) is 11.2. The van der Waals surface area contributed by atoms with Crippen molar-refractivity contribution in [3.05, 3.63) is 72.3 Å². The molecule has 0 fully saturated rings. The number of fused-ring (bicyclic) bond motifs is 3. The number of unbranched alkanes of at least 4 members (excludes halogenated alkanes) is 1. The van der Waals surface area contributed by atoms with E-state index in [1.807, 2.05) is 36.4 Å². The molecule has 0 aliphatic heterocycles. The van der Waals surface area contributed by atoms with E-state index in [2.05, 4.69) is 29.3 Å². The number of carbonyl (C=O) groups excluding carboxylic acids is 2. The first-order valence-corrected chi connectivity index (χ1v) is 11.2. The molecular formula is C26H30N2O5. The predicted octanol–water partition coefficient (Wildman–Crippen LogP) is 4.23. The maximum absolute atomic E-state index is 12.5. The molecule has 2 aromatic rings. The molecule has 0 saturated carbocycles. The van der Waals surface area contributed by atoms with Crippen LogP contribution in [0.5, 0.6) is 0 Å². The Morgan fingerprint density at radius 2 is 1.67 bits per heavy atom. The Morgan fingerprint density at radius 3 is 2.27 bits per heavy atom. The van der Waals surface area contributed by atoms with E-state index < -0.39 is 18.1 Å². The summed E-state index contributed by atoms with van der Waals surface area (Å²) in [6, 6.07) is 15.4. The van der Waals surface area contributed by atoms with E-state index in [0.717, 1.165) is 22.3 Å². The van der Waals surface area contributed by atoms with E-state index in [1.165, 1.54) is 0 Å². The Hall–Kier alpha value is -3.61. The molecule has 2 aromatic carbocycles. The van der Waals surface area contributed by atoms with Gasteiger partial charge in [-0.2, -0.15) is 0 Å². The molecule has 3 N–H and O–H groups in total. The highest BCUT2D eigenvalue weighted by Crippen LogP contribution is 2.44. The van der Waals surface area contributed by atoms with Crippen molar-refractivity contribution in [3.63, 3.8) is 0 Å². The minimum Gasteiger partial charge on any atom is -0.481 e. The van der Waals surface area contributed by atoms with Gasteiger partial charge in [-0.3, -0.25) is 9.59 Å². The van der Waals surface area contributed by atoms with E-state index in [4.69, 9.17) is 9.84 Å². The lowest BCUT2D eigenvalue weighted by atomic mass is 9.98. The van der Waals surface area contributed by atoms with Crippen molar-refractivity contribution in [1.82, 2.24) is 10.6 Å². The van der Waals surface area contributed by atoms with Gasteiger partial charge < -0.3 is 20.5 Å². The van der Waals surface area contributed by atoms with Crippen molar-refractivity contribution in [3.8, 4) is 11.1 Å². The molecule has 0 bridgehead atoms. The number of aliphatic carboxylic acids is 1. The Kier molecular flexibility index (Phi) is 8.63. The third-order valence-corrected chi connectivity index (χ3v) is 5.73. The van der Waals surface area contributed by atoms with Gasteiger partial charge in [-0.05, 0) is 47.9 Å². The van der Waals surface area contributed by atoms with Gasteiger partial charge in [0.05, 0.1) is 0 Å². The molecule has 1 aliphatic carbocycles. The summed E-state index contributed by atoms with van der Waals surface area (Å²) in [4.78, 5) is 35.7. The zero-order chi connectivity index (χ0) is 23.6. The SMILES string of the molecule is C=CCCC(NC(=O)OCC1c2ccccc2-c2ccccc21)C(=O)NCCCCC(=O)O. The van der Waals surface area contributed by atoms with Crippen LogP contribution in [0, 0.1) is 0 Å². The maximum Gasteiger partial charge on any atom is 0.407 e. The average Bonchev–Trinajstić information content (AvgIpc) is 3.13. The van der Waals surface area contributed by atoms with Gasteiger partial charge in [-0.1, -0.05) is 54.6 Å². The van der Waals surface area contributed by atoms with E-state index in [0.29, 0.717) is 32.2 Å². The molecule has 0 saturated heterocycles. The Morgan fingerprint density at radius 1 is 1.03 bits per heavy atom. The Bertz CT molecular complexity index is 958. The van der Waals surface area contributed by atoms with Crippen LogP contribution in [-0.4, -0.2) is 42.3 Å². The second kappa shape index (κ2) is 11.9. The molecule has 7 heteroatoms. The van der Waals surface area contributed by atoms with Crippen molar-refractivity contribution < 1.29 is 24.2 Å². The van der Waals surface area contributed by atoms with Gasteiger partial charge >= 0.3 is 12.1 Å². The second-order valence-corrected chi connectivity index (χ2v) is 8.03. The first-order chi connectivity index (χ1) is 16.0. The lowest BCUT2D eigenvalue weighted by Gasteiger charge is -2.19. The van der Waals surface area contributed by atoms with Crippen LogP contribution in [-0.2, 0) is 14.3 Å². The van der Waals surface area contributed by atoms with Crippen LogP contribution in [0.25, 0.3) is 11.1 Å². The van der Waals surface area contributed by atoms with Gasteiger partial charge in [0.1, 0.15) is 12.6 Å². The third-order valence-electron chi connectivity index (χ3n) is 5.73. The lowest BCUT2D eigenvalue weighted by Crippen LogP contribution is -2.47. The summed E-state index contributed by atoms with van der Waals surface area (Å²) in [6.07, 6.45) is 3.09. The number of hydrogen-bond donors (Lipinski definition) is 3. The fraction of sp³-hybridized carbons (Fsp3) is 0.346. The number of carboxylic acid groups (broad SMARTS) is 1. The summed E-state index contributed by atoms with van der Waals surface area (Å²) in [6.45, 7) is 4.20. The summed E-state index contributed by atoms with van der Waals surface area (Å²) in [5.74, 6) is -1.24. The first kappa shape index (κ1) is 24.0. The van der Waals surface area contributed by atoms with Crippen LogP contribution in [0.1, 0.15) is 49.1 Å².